The highest BCUT2D eigenvalue weighted by Gasteiger charge is 2.08. The van der Waals surface area contributed by atoms with Crippen molar-refractivity contribution in [1.29, 1.82) is 0 Å². The molecule has 5 heteroatoms. The van der Waals surface area contributed by atoms with Gasteiger partial charge in [0.15, 0.2) is 0 Å². The zero-order chi connectivity index (χ0) is 10.6. The van der Waals surface area contributed by atoms with Crippen LogP contribution in [0, 0.1) is 0 Å². The second-order valence-corrected chi connectivity index (χ2v) is 3.17. The van der Waals surface area contributed by atoms with E-state index in [0.717, 1.165) is 0 Å². The molecule has 1 N–H and O–H groups in total. The van der Waals surface area contributed by atoms with E-state index < -0.39 is 18.9 Å². The second kappa shape index (κ2) is 4.95. The first-order valence-electron chi connectivity index (χ1n) is 3.95. The summed E-state index contributed by atoms with van der Waals surface area (Å²) in [6, 6.07) is 6.40. The highest BCUT2D eigenvalue weighted by molar-refractivity contribution is 7.80. The Bertz CT molecular complexity index is 330. The van der Waals surface area contributed by atoms with Gasteiger partial charge in [-0.3, -0.25) is 4.79 Å². The van der Waals surface area contributed by atoms with Crippen LogP contribution in [0.2, 0.25) is 0 Å². The van der Waals surface area contributed by atoms with E-state index in [-0.39, 0.29) is 0 Å². The van der Waals surface area contributed by atoms with Gasteiger partial charge in [0.25, 0.3) is 12.3 Å². The smallest absolute Gasteiger partial charge is 0.255 e. The van der Waals surface area contributed by atoms with E-state index in [9.17, 15) is 13.6 Å². The molecule has 1 amide bonds. The third-order valence-corrected chi connectivity index (χ3v) is 1.80. The van der Waals surface area contributed by atoms with Gasteiger partial charge in [0.1, 0.15) is 0 Å². The maximum absolute atomic E-state index is 11.8. The average molecular weight is 217 g/mol. The van der Waals surface area contributed by atoms with Crippen molar-refractivity contribution in [2.24, 2.45) is 0 Å². The summed E-state index contributed by atoms with van der Waals surface area (Å²) in [6.45, 7) is -0.629. The number of benzene rings is 1. The fourth-order valence-corrected chi connectivity index (χ4v) is 1.14. The fraction of sp³-hybridized carbons (Fsp3) is 0.222. The summed E-state index contributed by atoms with van der Waals surface area (Å²) in [5, 5.41) is 2.10. The number of thiol groups is 1. The standard InChI is InChI=1S/C9H9F2NOS/c10-8(11)5-12-9(13)6-2-1-3-7(14)4-6/h1-4,8,14H,5H2,(H,12,13). The van der Waals surface area contributed by atoms with Crippen LogP contribution in [-0.4, -0.2) is 18.9 Å². The van der Waals surface area contributed by atoms with Crippen LogP contribution in [0.15, 0.2) is 29.2 Å². The van der Waals surface area contributed by atoms with Crippen LogP contribution in [-0.2, 0) is 0 Å². The monoisotopic (exact) mass is 217 g/mol. The summed E-state index contributed by atoms with van der Waals surface area (Å²) in [7, 11) is 0. The Hall–Kier alpha value is -1.10. The van der Waals surface area contributed by atoms with Crippen LogP contribution >= 0.6 is 12.6 Å². The summed E-state index contributed by atoms with van der Waals surface area (Å²) >= 11 is 4.03. The molecular weight excluding hydrogens is 208 g/mol. The van der Waals surface area contributed by atoms with Crippen LogP contribution in [0.4, 0.5) is 8.78 Å². The van der Waals surface area contributed by atoms with E-state index in [2.05, 4.69) is 17.9 Å². The number of rotatable bonds is 3. The molecule has 0 saturated carbocycles. The normalized spacial score (nSPS) is 10.3. The number of carbonyl (C=O) groups is 1. The van der Waals surface area contributed by atoms with Gasteiger partial charge in [0.05, 0.1) is 6.54 Å². The Balaban J connectivity index is 2.61. The predicted octanol–water partition coefficient (Wildman–Crippen LogP) is 1.97. The van der Waals surface area contributed by atoms with Crippen LogP contribution in [0.25, 0.3) is 0 Å². The molecule has 0 radical (unpaired) electrons. The third-order valence-electron chi connectivity index (χ3n) is 1.53. The molecule has 76 valence electrons. The number of hydrogen-bond acceptors (Lipinski definition) is 2. The molecule has 1 aromatic rings. The summed E-state index contributed by atoms with van der Waals surface area (Å²) in [5.74, 6) is -0.513. The van der Waals surface area contributed by atoms with Crippen molar-refractivity contribution in [1.82, 2.24) is 5.32 Å². The Kier molecular flexibility index (Phi) is 3.88. The topological polar surface area (TPSA) is 29.1 Å². The number of halogens is 2. The van der Waals surface area contributed by atoms with E-state index in [1.54, 1.807) is 18.2 Å². The Morgan fingerprint density at radius 3 is 2.79 bits per heavy atom. The van der Waals surface area contributed by atoms with Crippen molar-refractivity contribution < 1.29 is 13.6 Å². The number of carbonyl (C=O) groups excluding carboxylic acids is 1. The maximum Gasteiger partial charge on any atom is 0.255 e. The van der Waals surface area contributed by atoms with Crippen molar-refractivity contribution in [3.05, 3.63) is 29.8 Å². The summed E-state index contributed by atoms with van der Waals surface area (Å²) in [4.78, 5) is 11.8. The van der Waals surface area contributed by atoms with Crippen LogP contribution < -0.4 is 5.32 Å². The molecule has 0 fully saturated rings. The minimum atomic E-state index is -2.53. The molecule has 0 aromatic heterocycles. The number of alkyl halides is 2. The molecule has 0 saturated heterocycles. The summed E-state index contributed by atoms with van der Waals surface area (Å²) in [6.07, 6.45) is -2.53. The molecule has 14 heavy (non-hydrogen) atoms. The van der Waals surface area contributed by atoms with Gasteiger partial charge in [-0.05, 0) is 18.2 Å². The lowest BCUT2D eigenvalue weighted by Gasteiger charge is -2.04. The van der Waals surface area contributed by atoms with Crippen LogP contribution in [0.1, 0.15) is 10.4 Å². The quantitative estimate of drug-likeness (QED) is 0.745. The minimum Gasteiger partial charge on any atom is -0.346 e. The molecule has 0 bridgehead atoms. The number of hydrogen-bond donors (Lipinski definition) is 2. The van der Waals surface area contributed by atoms with Gasteiger partial charge in [-0.15, -0.1) is 12.6 Å². The van der Waals surface area contributed by atoms with E-state index in [1.807, 2.05) is 0 Å². The largest absolute Gasteiger partial charge is 0.346 e. The highest BCUT2D eigenvalue weighted by Crippen LogP contribution is 2.08. The van der Waals surface area contributed by atoms with Gasteiger partial charge < -0.3 is 5.32 Å². The van der Waals surface area contributed by atoms with Crippen molar-refractivity contribution in [3.63, 3.8) is 0 Å². The lowest BCUT2D eigenvalue weighted by molar-refractivity contribution is 0.0891. The van der Waals surface area contributed by atoms with E-state index in [4.69, 9.17) is 0 Å². The Morgan fingerprint density at radius 2 is 2.21 bits per heavy atom. The number of amides is 1. The SMILES string of the molecule is O=C(NCC(F)F)c1cccc(S)c1. The highest BCUT2D eigenvalue weighted by atomic mass is 32.1. The zero-order valence-corrected chi connectivity index (χ0v) is 8.10. The van der Waals surface area contributed by atoms with Crippen LogP contribution in [0.3, 0.4) is 0 Å². The van der Waals surface area contributed by atoms with Crippen molar-refractivity contribution in [3.8, 4) is 0 Å². The third kappa shape index (κ3) is 3.33. The van der Waals surface area contributed by atoms with Gasteiger partial charge in [-0.2, -0.15) is 0 Å². The second-order valence-electron chi connectivity index (χ2n) is 2.65. The molecule has 0 aliphatic heterocycles. The molecular formula is C9H9F2NOS. The lowest BCUT2D eigenvalue weighted by Crippen LogP contribution is -2.28. The van der Waals surface area contributed by atoms with E-state index >= 15 is 0 Å². The molecule has 1 rings (SSSR count). The van der Waals surface area contributed by atoms with Gasteiger partial charge in [-0.25, -0.2) is 8.78 Å². The predicted molar refractivity (Wildman–Crippen MR) is 52.0 cm³/mol. The molecule has 0 unspecified atom stereocenters. The van der Waals surface area contributed by atoms with E-state index in [1.165, 1.54) is 6.07 Å². The molecule has 0 aliphatic carbocycles. The maximum atomic E-state index is 11.8. The van der Waals surface area contributed by atoms with Crippen molar-refractivity contribution >= 4 is 18.5 Å². The van der Waals surface area contributed by atoms with Crippen LogP contribution in [0.5, 0.6) is 0 Å². The Labute approximate surface area is 85.7 Å². The van der Waals surface area contributed by atoms with Crippen molar-refractivity contribution in [2.75, 3.05) is 6.54 Å². The molecule has 0 atom stereocenters. The molecule has 0 spiro atoms. The average Bonchev–Trinajstić information content (AvgIpc) is 2.14. The first-order chi connectivity index (χ1) is 6.59. The molecule has 0 heterocycles. The minimum absolute atomic E-state index is 0.332. The van der Waals surface area contributed by atoms with Gasteiger partial charge in [0, 0.05) is 10.5 Å². The summed E-state index contributed by atoms with van der Waals surface area (Å²) in [5.41, 5.74) is 0.332. The first kappa shape index (κ1) is 11.0. The first-order valence-corrected chi connectivity index (χ1v) is 4.39. The summed E-state index contributed by atoms with van der Waals surface area (Å²) < 4.78 is 23.5. The molecule has 2 nitrogen and oxygen atoms in total. The van der Waals surface area contributed by atoms with Gasteiger partial charge in [0.2, 0.25) is 0 Å². The van der Waals surface area contributed by atoms with Crippen molar-refractivity contribution in [2.45, 2.75) is 11.3 Å². The molecule has 1 aromatic carbocycles. The fourth-order valence-electron chi connectivity index (χ4n) is 0.919. The van der Waals surface area contributed by atoms with Gasteiger partial charge in [-0.1, -0.05) is 6.07 Å². The van der Waals surface area contributed by atoms with E-state index in [0.29, 0.717) is 10.5 Å². The zero-order valence-electron chi connectivity index (χ0n) is 7.21. The molecule has 0 aliphatic rings. The Morgan fingerprint density at radius 1 is 1.50 bits per heavy atom. The lowest BCUT2D eigenvalue weighted by atomic mass is 10.2. The van der Waals surface area contributed by atoms with Gasteiger partial charge >= 0.3 is 0 Å². The number of nitrogens with one attached hydrogen (secondary N) is 1.